The van der Waals surface area contributed by atoms with Crippen LogP contribution in [0.3, 0.4) is 0 Å². The van der Waals surface area contributed by atoms with Gasteiger partial charge in [0.2, 0.25) is 0 Å². The van der Waals surface area contributed by atoms with Crippen LogP contribution in [0.1, 0.15) is 11.3 Å². The van der Waals surface area contributed by atoms with Crippen LogP contribution in [0.15, 0.2) is 12.1 Å². The van der Waals surface area contributed by atoms with E-state index in [0.29, 0.717) is 19.3 Å². The zero-order chi connectivity index (χ0) is 12.5. The molecule has 0 fully saturated rings. The highest BCUT2D eigenvalue weighted by molar-refractivity contribution is 7.16. The lowest BCUT2D eigenvalue weighted by molar-refractivity contribution is 0.0661. The van der Waals surface area contributed by atoms with Crippen LogP contribution in [0.5, 0.6) is 0 Å². The van der Waals surface area contributed by atoms with Gasteiger partial charge in [-0.2, -0.15) is 0 Å². The van der Waals surface area contributed by atoms with Gasteiger partial charge >= 0.3 is 0 Å². The molecular weight excluding hydrogens is 258 g/mol. The molecule has 3 nitrogen and oxygen atoms in total. The molecule has 1 aromatic heterocycles. The van der Waals surface area contributed by atoms with Gasteiger partial charge in [-0.25, -0.2) is 0 Å². The van der Waals surface area contributed by atoms with Gasteiger partial charge in [0, 0.05) is 24.6 Å². The van der Waals surface area contributed by atoms with Crippen molar-refractivity contribution >= 4 is 22.9 Å². The van der Waals surface area contributed by atoms with E-state index >= 15 is 0 Å². The molecule has 0 aliphatic heterocycles. The van der Waals surface area contributed by atoms with Gasteiger partial charge in [-0.3, -0.25) is 0 Å². The van der Waals surface area contributed by atoms with Crippen LogP contribution in [0, 0.1) is 0 Å². The van der Waals surface area contributed by atoms with E-state index in [1.807, 2.05) is 13.1 Å². The van der Waals surface area contributed by atoms with E-state index in [2.05, 4.69) is 11.4 Å². The Kier molecular flexibility index (Phi) is 7.81. The van der Waals surface area contributed by atoms with Gasteiger partial charge in [-0.05, 0) is 32.0 Å². The SMILES string of the molecule is CNC(CCOCCOC)Cc1ccc(Cl)s1. The van der Waals surface area contributed by atoms with Crippen molar-refractivity contribution < 1.29 is 9.47 Å². The standard InChI is InChI=1S/C12H20ClNO2S/c1-14-10(5-6-16-8-7-15-2)9-11-3-4-12(13)17-11/h3-4,10,14H,5-9H2,1-2H3. The normalized spacial score (nSPS) is 12.9. The molecule has 1 aromatic rings. The van der Waals surface area contributed by atoms with Crippen LogP contribution >= 0.6 is 22.9 Å². The molecule has 0 spiro atoms. The highest BCUT2D eigenvalue weighted by Crippen LogP contribution is 2.22. The summed E-state index contributed by atoms with van der Waals surface area (Å²) in [6, 6.07) is 4.47. The fourth-order valence-corrected chi connectivity index (χ4v) is 2.69. The predicted octanol–water partition coefficient (Wildman–Crippen LogP) is 2.59. The van der Waals surface area contributed by atoms with Crippen LogP contribution in [-0.4, -0.2) is 40.0 Å². The van der Waals surface area contributed by atoms with E-state index in [4.69, 9.17) is 21.1 Å². The molecule has 0 saturated heterocycles. The topological polar surface area (TPSA) is 30.5 Å². The molecule has 0 aliphatic rings. The highest BCUT2D eigenvalue weighted by atomic mass is 35.5. The van der Waals surface area contributed by atoms with Crippen molar-refractivity contribution in [1.29, 1.82) is 0 Å². The minimum atomic E-state index is 0.437. The molecule has 1 rings (SSSR count). The summed E-state index contributed by atoms with van der Waals surface area (Å²) in [4.78, 5) is 1.31. The van der Waals surface area contributed by atoms with Crippen LogP contribution in [0.25, 0.3) is 0 Å². The smallest absolute Gasteiger partial charge is 0.0931 e. The number of thiophene rings is 1. The summed E-state index contributed by atoms with van der Waals surface area (Å²) in [6.07, 6.45) is 2.00. The van der Waals surface area contributed by atoms with Crippen LogP contribution < -0.4 is 5.32 Å². The van der Waals surface area contributed by atoms with E-state index in [-0.39, 0.29) is 0 Å². The number of hydrogen-bond donors (Lipinski definition) is 1. The number of ether oxygens (including phenoxy) is 2. The third-order valence-corrected chi connectivity index (χ3v) is 3.78. The number of nitrogens with one attached hydrogen (secondary N) is 1. The monoisotopic (exact) mass is 277 g/mol. The number of hydrogen-bond acceptors (Lipinski definition) is 4. The van der Waals surface area contributed by atoms with Gasteiger partial charge < -0.3 is 14.8 Å². The van der Waals surface area contributed by atoms with Gasteiger partial charge in [0.1, 0.15) is 0 Å². The molecule has 0 aromatic carbocycles. The predicted molar refractivity (Wildman–Crippen MR) is 73.2 cm³/mol. The summed E-state index contributed by atoms with van der Waals surface area (Å²) in [5.74, 6) is 0. The molecule has 0 aliphatic carbocycles. The Morgan fingerprint density at radius 3 is 2.76 bits per heavy atom. The lowest BCUT2D eigenvalue weighted by atomic mass is 10.1. The molecule has 1 atom stereocenters. The number of rotatable bonds is 9. The van der Waals surface area contributed by atoms with E-state index < -0.39 is 0 Å². The van der Waals surface area contributed by atoms with Crippen molar-refractivity contribution in [2.75, 3.05) is 34.0 Å². The van der Waals surface area contributed by atoms with Crippen molar-refractivity contribution in [2.45, 2.75) is 18.9 Å². The van der Waals surface area contributed by atoms with Gasteiger partial charge in [0.05, 0.1) is 17.6 Å². The molecule has 1 heterocycles. The fourth-order valence-electron chi connectivity index (χ4n) is 1.52. The van der Waals surface area contributed by atoms with Crippen molar-refractivity contribution in [3.05, 3.63) is 21.3 Å². The maximum absolute atomic E-state index is 5.91. The summed E-state index contributed by atoms with van der Waals surface area (Å²) in [6.45, 7) is 2.08. The largest absolute Gasteiger partial charge is 0.382 e. The second-order valence-corrected chi connectivity index (χ2v) is 5.59. The first-order valence-electron chi connectivity index (χ1n) is 5.74. The second-order valence-electron chi connectivity index (χ2n) is 3.79. The molecule has 1 unspecified atom stereocenters. The van der Waals surface area contributed by atoms with Gasteiger partial charge in [0.25, 0.3) is 0 Å². The zero-order valence-corrected chi connectivity index (χ0v) is 11.9. The fraction of sp³-hybridized carbons (Fsp3) is 0.667. The molecule has 0 saturated carbocycles. The van der Waals surface area contributed by atoms with Gasteiger partial charge in [-0.1, -0.05) is 11.6 Å². The van der Waals surface area contributed by atoms with E-state index in [1.165, 1.54) is 4.88 Å². The Hall–Kier alpha value is -0.130. The Balaban J connectivity index is 2.19. The summed E-state index contributed by atoms with van der Waals surface area (Å²) in [5, 5.41) is 3.30. The zero-order valence-electron chi connectivity index (χ0n) is 10.4. The van der Waals surface area contributed by atoms with Crippen molar-refractivity contribution in [3.8, 4) is 0 Å². The Bertz CT molecular complexity index is 306. The maximum Gasteiger partial charge on any atom is 0.0931 e. The molecule has 0 bridgehead atoms. The summed E-state index contributed by atoms with van der Waals surface area (Å²) in [5.41, 5.74) is 0. The Morgan fingerprint density at radius 2 is 2.18 bits per heavy atom. The molecular formula is C12H20ClNO2S. The third kappa shape index (κ3) is 6.38. The highest BCUT2D eigenvalue weighted by Gasteiger charge is 2.08. The quantitative estimate of drug-likeness (QED) is 0.704. The molecule has 5 heteroatoms. The van der Waals surface area contributed by atoms with Crippen molar-refractivity contribution in [2.24, 2.45) is 0 Å². The third-order valence-electron chi connectivity index (χ3n) is 2.53. The Labute approximate surface area is 112 Å². The molecule has 0 radical (unpaired) electrons. The molecule has 1 N–H and O–H groups in total. The lowest BCUT2D eigenvalue weighted by Crippen LogP contribution is -2.28. The molecule has 98 valence electrons. The van der Waals surface area contributed by atoms with Crippen LogP contribution in [-0.2, 0) is 15.9 Å². The maximum atomic E-state index is 5.91. The molecule has 0 amide bonds. The summed E-state index contributed by atoms with van der Waals surface area (Å²) in [7, 11) is 3.66. The van der Waals surface area contributed by atoms with Crippen LogP contribution in [0.2, 0.25) is 4.34 Å². The van der Waals surface area contributed by atoms with E-state index in [1.54, 1.807) is 18.4 Å². The van der Waals surface area contributed by atoms with E-state index in [9.17, 15) is 0 Å². The van der Waals surface area contributed by atoms with Crippen LogP contribution in [0.4, 0.5) is 0 Å². The van der Waals surface area contributed by atoms with Crippen molar-refractivity contribution in [3.63, 3.8) is 0 Å². The molecule has 17 heavy (non-hydrogen) atoms. The first kappa shape index (κ1) is 14.9. The average molecular weight is 278 g/mol. The second kappa shape index (κ2) is 8.89. The van der Waals surface area contributed by atoms with Crippen molar-refractivity contribution in [1.82, 2.24) is 5.32 Å². The number of likely N-dealkylation sites (N-methyl/N-ethyl adjacent to an activating group) is 1. The summed E-state index contributed by atoms with van der Waals surface area (Å²) >= 11 is 7.55. The first-order valence-corrected chi connectivity index (χ1v) is 6.94. The van der Waals surface area contributed by atoms with Gasteiger partial charge in [-0.15, -0.1) is 11.3 Å². The summed E-state index contributed by atoms with van der Waals surface area (Å²) < 4.78 is 11.2. The van der Waals surface area contributed by atoms with E-state index in [0.717, 1.165) is 23.8 Å². The number of halogens is 1. The lowest BCUT2D eigenvalue weighted by Gasteiger charge is -2.15. The number of methoxy groups -OCH3 is 1. The first-order chi connectivity index (χ1) is 8.26. The average Bonchev–Trinajstić information content (AvgIpc) is 2.73. The minimum absolute atomic E-state index is 0.437. The Morgan fingerprint density at radius 1 is 1.35 bits per heavy atom. The van der Waals surface area contributed by atoms with Gasteiger partial charge in [0.15, 0.2) is 0 Å². The minimum Gasteiger partial charge on any atom is -0.382 e.